The second-order valence-corrected chi connectivity index (χ2v) is 5.72. The zero-order valence-corrected chi connectivity index (χ0v) is 14.0. The van der Waals surface area contributed by atoms with Crippen LogP contribution in [0.15, 0.2) is 36.8 Å². The minimum Gasteiger partial charge on any atom is -0.490 e. The number of benzene rings is 1. The molecule has 1 aromatic carbocycles. The average Bonchev–Trinajstić information content (AvgIpc) is 3.25. The monoisotopic (exact) mass is 353 g/mol. The van der Waals surface area contributed by atoms with Gasteiger partial charge in [0.25, 0.3) is 0 Å². The molecule has 0 aliphatic rings. The van der Waals surface area contributed by atoms with Crippen LogP contribution in [-0.4, -0.2) is 36.3 Å². The maximum atomic E-state index is 14.4. The molecule has 0 unspecified atom stereocenters. The van der Waals surface area contributed by atoms with Crippen molar-refractivity contribution in [2.45, 2.75) is 6.42 Å². The second kappa shape index (κ2) is 6.43. The van der Waals surface area contributed by atoms with Crippen LogP contribution in [0.4, 0.5) is 10.3 Å². The van der Waals surface area contributed by atoms with Crippen molar-refractivity contribution in [1.29, 1.82) is 0 Å². The number of aromatic amines is 1. The highest BCUT2D eigenvalue weighted by Crippen LogP contribution is 2.29. The largest absolute Gasteiger partial charge is 0.490 e. The molecule has 0 atom stereocenters. The molecular weight excluding hydrogens is 337 g/mol. The van der Waals surface area contributed by atoms with E-state index in [0.717, 1.165) is 5.82 Å². The number of nitrogens with two attached hydrogens (primary N) is 1. The van der Waals surface area contributed by atoms with E-state index in [2.05, 4.69) is 25.0 Å². The third-order valence-electron chi connectivity index (χ3n) is 3.96. The van der Waals surface area contributed by atoms with Gasteiger partial charge in [0.05, 0.1) is 12.0 Å². The number of aromatic nitrogens is 6. The summed E-state index contributed by atoms with van der Waals surface area (Å²) in [5.41, 5.74) is 7.41. The molecule has 26 heavy (non-hydrogen) atoms. The summed E-state index contributed by atoms with van der Waals surface area (Å²) in [6, 6.07) is 4.73. The van der Waals surface area contributed by atoms with Gasteiger partial charge in [-0.25, -0.2) is 19.0 Å². The van der Waals surface area contributed by atoms with E-state index >= 15 is 0 Å². The fourth-order valence-corrected chi connectivity index (χ4v) is 2.72. The van der Waals surface area contributed by atoms with Crippen molar-refractivity contribution in [1.82, 2.24) is 29.7 Å². The number of hydrogen-bond acceptors (Lipinski definition) is 6. The van der Waals surface area contributed by atoms with Gasteiger partial charge in [0.2, 0.25) is 5.95 Å². The van der Waals surface area contributed by atoms with E-state index in [9.17, 15) is 4.39 Å². The molecule has 0 saturated heterocycles. The number of nitrogen functional groups attached to an aromatic ring is 1. The summed E-state index contributed by atoms with van der Waals surface area (Å²) in [4.78, 5) is 15.2. The molecule has 8 nitrogen and oxygen atoms in total. The molecule has 132 valence electrons. The van der Waals surface area contributed by atoms with Crippen LogP contribution in [0.5, 0.6) is 5.75 Å². The molecule has 0 spiro atoms. The second-order valence-electron chi connectivity index (χ2n) is 5.72. The Kier molecular flexibility index (Phi) is 3.96. The number of rotatable bonds is 5. The summed E-state index contributed by atoms with van der Waals surface area (Å²) in [6.45, 7) is 0.323. The third kappa shape index (κ3) is 2.94. The molecule has 0 aliphatic carbocycles. The lowest BCUT2D eigenvalue weighted by Crippen LogP contribution is -2.04. The number of H-pyrrole nitrogens is 1. The Bertz CT molecular complexity index is 1060. The highest BCUT2D eigenvalue weighted by Gasteiger charge is 2.15. The van der Waals surface area contributed by atoms with E-state index in [0.29, 0.717) is 35.3 Å². The first-order chi connectivity index (χ1) is 12.6. The summed E-state index contributed by atoms with van der Waals surface area (Å²) in [5.74, 6) is 0.679. The van der Waals surface area contributed by atoms with Crippen molar-refractivity contribution >= 4 is 17.0 Å². The number of fused-ring (bicyclic) bond motifs is 1. The molecule has 9 heteroatoms. The lowest BCUT2D eigenvalue weighted by Gasteiger charge is -2.07. The van der Waals surface area contributed by atoms with Gasteiger partial charge in [0.15, 0.2) is 17.2 Å². The molecule has 4 rings (SSSR count). The summed E-state index contributed by atoms with van der Waals surface area (Å²) in [5, 5.41) is 5.11. The first-order valence-corrected chi connectivity index (χ1v) is 7.98. The van der Waals surface area contributed by atoms with Crippen molar-refractivity contribution < 1.29 is 9.13 Å². The Hall–Kier alpha value is -3.49. The Morgan fingerprint density at radius 2 is 2.19 bits per heavy atom. The fraction of sp³-hybridized carbons (Fsp3) is 0.176. The highest BCUT2D eigenvalue weighted by atomic mass is 19.1. The van der Waals surface area contributed by atoms with E-state index in [1.807, 2.05) is 0 Å². The lowest BCUT2D eigenvalue weighted by molar-refractivity contribution is 0.303. The van der Waals surface area contributed by atoms with Crippen molar-refractivity contribution in [3.8, 4) is 17.0 Å². The topological polar surface area (TPSA) is 108 Å². The lowest BCUT2D eigenvalue weighted by atomic mass is 10.1. The van der Waals surface area contributed by atoms with Gasteiger partial charge in [-0.05, 0) is 18.2 Å². The van der Waals surface area contributed by atoms with E-state index in [-0.39, 0.29) is 11.7 Å². The van der Waals surface area contributed by atoms with Crippen molar-refractivity contribution in [2.75, 3.05) is 12.3 Å². The quantitative estimate of drug-likeness (QED) is 0.569. The first-order valence-electron chi connectivity index (χ1n) is 7.98. The van der Waals surface area contributed by atoms with Crippen molar-refractivity contribution in [3.63, 3.8) is 0 Å². The summed E-state index contributed by atoms with van der Waals surface area (Å²) in [7, 11) is 1.75. The van der Waals surface area contributed by atoms with E-state index in [1.165, 1.54) is 6.07 Å². The van der Waals surface area contributed by atoms with E-state index in [1.54, 1.807) is 42.5 Å². The molecule has 3 aromatic heterocycles. The Balaban J connectivity index is 1.58. The minimum absolute atomic E-state index is 0.165. The fourth-order valence-electron chi connectivity index (χ4n) is 2.72. The molecule has 3 heterocycles. The molecule has 3 N–H and O–H groups in total. The molecule has 4 aromatic rings. The molecule has 0 radical (unpaired) electrons. The maximum Gasteiger partial charge on any atom is 0.222 e. The van der Waals surface area contributed by atoms with Crippen LogP contribution in [0.3, 0.4) is 0 Å². The zero-order valence-electron chi connectivity index (χ0n) is 14.0. The first kappa shape index (κ1) is 16.0. The smallest absolute Gasteiger partial charge is 0.222 e. The Morgan fingerprint density at radius 3 is 2.96 bits per heavy atom. The van der Waals surface area contributed by atoms with Crippen molar-refractivity contribution in [3.05, 3.63) is 48.4 Å². The highest BCUT2D eigenvalue weighted by molar-refractivity contribution is 5.91. The SMILES string of the molecule is Cn1nc(-c2ccc(OCCc3ncc[nH]3)c(F)c2)c2cnc(N)nc21. The number of ether oxygens (including phenoxy) is 1. The van der Waals surface area contributed by atoms with Crippen LogP contribution in [0.1, 0.15) is 5.82 Å². The number of halogens is 1. The molecule has 0 aliphatic heterocycles. The van der Waals surface area contributed by atoms with Gasteiger partial charge in [-0.1, -0.05) is 0 Å². The van der Waals surface area contributed by atoms with E-state index < -0.39 is 5.82 Å². The summed E-state index contributed by atoms with van der Waals surface area (Å²) in [6.07, 6.45) is 5.56. The van der Waals surface area contributed by atoms with Crippen LogP contribution in [0.25, 0.3) is 22.3 Å². The van der Waals surface area contributed by atoms with Crippen molar-refractivity contribution in [2.24, 2.45) is 7.05 Å². The number of aryl methyl sites for hydroxylation is 1. The summed E-state index contributed by atoms with van der Waals surface area (Å²) < 4.78 is 21.5. The van der Waals surface area contributed by atoms with Gasteiger partial charge in [-0.15, -0.1) is 0 Å². The molecule has 0 bridgehead atoms. The average molecular weight is 353 g/mol. The molecular formula is C17H16FN7O. The van der Waals surface area contributed by atoms with Crippen LogP contribution >= 0.6 is 0 Å². The van der Waals surface area contributed by atoms with E-state index in [4.69, 9.17) is 10.5 Å². The number of imidazole rings is 1. The van der Waals surface area contributed by atoms with Gasteiger partial charge in [0, 0.05) is 37.6 Å². The number of nitrogens with zero attached hydrogens (tertiary/aromatic N) is 5. The number of hydrogen-bond donors (Lipinski definition) is 2. The van der Waals surface area contributed by atoms with Gasteiger partial charge in [0.1, 0.15) is 11.5 Å². The Morgan fingerprint density at radius 1 is 1.31 bits per heavy atom. The van der Waals surface area contributed by atoms with Gasteiger partial charge in [-0.2, -0.15) is 10.1 Å². The van der Waals surface area contributed by atoms with Crippen LogP contribution in [-0.2, 0) is 13.5 Å². The molecule has 0 fully saturated rings. The summed E-state index contributed by atoms with van der Waals surface area (Å²) >= 11 is 0. The standard InChI is InChI=1S/C17H16FN7O/c1-25-16-11(9-22-17(19)23-16)15(24-25)10-2-3-13(12(18)8-10)26-7-4-14-20-5-6-21-14/h2-3,5-6,8-9H,4,7H2,1H3,(H,20,21)(H2,19,22,23). The van der Waals surface area contributed by atoms with Gasteiger partial charge >= 0.3 is 0 Å². The van der Waals surface area contributed by atoms with Crippen LogP contribution in [0.2, 0.25) is 0 Å². The van der Waals surface area contributed by atoms with Crippen LogP contribution in [0, 0.1) is 5.82 Å². The zero-order chi connectivity index (χ0) is 18.1. The number of anilines is 1. The minimum atomic E-state index is -0.461. The van der Waals surface area contributed by atoms with Crippen LogP contribution < -0.4 is 10.5 Å². The van der Waals surface area contributed by atoms with Gasteiger partial charge < -0.3 is 15.5 Å². The predicted molar refractivity (Wildman–Crippen MR) is 93.9 cm³/mol. The number of nitrogens with one attached hydrogen (secondary N) is 1. The van der Waals surface area contributed by atoms with Gasteiger partial charge in [-0.3, -0.25) is 0 Å². The Labute approximate surface area is 147 Å². The maximum absolute atomic E-state index is 14.4. The predicted octanol–water partition coefficient (Wildman–Crippen LogP) is 2.10. The molecule has 0 saturated carbocycles. The normalized spacial score (nSPS) is 11.2. The molecule has 0 amide bonds. The third-order valence-corrected chi connectivity index (χ3v) is 3.96.